The lowest BCUT2D eigenvalue weighted by Crippen LogP contribution is -2.28. The summed E-state index contributed by atoms with van der Waals surface area (Å²) in [7, 11) is 0. The summed E-state index contributed by atoms with van der Waals surface area (Å²) in [6.45, 7) is 10.6. The Morgan fingerprint density at radius 1 is 0.674 bits per heavy atom. The summed E-state index contributed by atoms with van der Waals surface area (Å²) in [6.07, 6.45) is 9.79. The highest BCUT2D eigenvalue weighted by Crippen LogP contribution is 2.58. The summed E-state index contributed by atoms with van der Waals surface area (Å²) < 4.78 is 13.8. The maximum atomic E-state index is 6.33. The minimum Gasteiger partial charge on any atom is -0.493 e. The number of hydrogen-bond donors (Lipinski definition) is 0. The normalized spacial score (nSPS) is 16.9. The second kappa shape index (κ2) is 14.9. The van der Waals surface area contributed by atoms with Gasteiger partial charge in [0, 0.05) is 9.35 Å². The van der Waals surface area contributed by atoms with Crippen LogP contribution in [-0.2, 0) is 5.41 Å². The highest BCUT2D eigenvalue weighted by atomic mass is 79.9. The van der Waals surface area contributed by atoms with E-state index in [0.29, 0.717) is 11.8 Å². The zero-order valence-electron chi connectivity index (χ0n) is 26.3. The molecule has 0 radical (unpaired) electrons. The van der Waals surface area contributed by atoms with Gasteiger partial charge in [0.25, 0.3) is 0 Å². The number of benzene rings is 3. The van der Waals surface area contributed by atoms with Gasteiger partial charge in [0.05, 0.1) is 18.6 Å². The van der Waals surface area contributed by atoms with Crippen LogP contribution in [0.15, 0.2) is 82.6 Å². The van der Waals surface area contributed by atoms with Gasteiger partial charge in [0.1, 0.15) is 11.5 Å². The lowest BCUT2D eigenvalue weighted by atomic mass is 9.68. The first-order chi connectivity index (χ1) is 21.0. The van der Waals surface area contributed by atoms with E-state index in [1.165, 1.54) is 71.2 Å². The Balaban J connectivity index is 1.49. The molecule has 1 aliphatic rings. The second-order valence-corrected chi connectivity index (χ2v) is 13.9. The molecule has 1 aliphatic carbocycles. The molecule has 2 atom stereocenters. The molecule has 1 aromatic heterocycles. The number of unbranched alkanes of at least 4 members (excludes halogenated alkanes) is 2. The third kappa shape index (κ3) is 6.76. The quantitative estimate of drug-likeness (QED) is 0.105. The lowest BCUT2D eigenvalue weighted by molar-refractivity contribution is 0.233. The van der Waals surface area contributed by atoms with Crippen LogP contribution in [0.2, 0.25) is 0 Å². The molecule has 0 saturated heterocycles. The molecule has 2 unspecified atom stereocenters. The zero-order valence-corrected chi connectivity index (χ0v) is 28.7. The van der Waals surface area contributed by atoms with Crippen LogP contribution >= 0.6 is 27.3 Å². The summed E-state index contributed by atoms with van der Waals surface area (Å²) in [5.74, 6) is 3.12. The molecule has 5 rings (SSSR count). The third-order valence-corrected chi connectivity index (χ3v) is 10.8. The lowest BCUT2D eigenvalue weighted by Gasteiger charge is -2.33. The highest BCUT2D eigenvalue weighted by molar-refractivity contribution is 9.10. The number of rotatable bonds is 16. The average Bonchev–Trinajstić information content (AvgIpc) is 3.62. The first-order valence-electron chi connectivity index (χ1n) is 16.4. The van der Waals surface area contributed by atoms with Gasteiger partial charge < -0.3 is 9.47 Å². The number of hydrogen-bond acceptors (Lipinski definition) is 3. The van der Waals surface area contributed by atoms with E-state index in [1.807, 2.05) is 11.3 Å². The van der Waals surface area contributed by atoms with Gasteiger partial charge >= 0.3 is 0 Å². The molecule has 0 bridgehead atoms. The number of ether oxygens (including phenoxy) is 2. The summed E-state index contributed by atoms with van der Waals surface area (Å²) in [5, 5.41) is 2.24. The second-order valence-electron chi connectivity index (χ2n) is 12.1. The van der Waals surface area contributed by atoms with Crippen LogP contribution in [0.25, 0.3) is 10.4 Å². The van der Waals surface area contributed by atoms with Crippen molar-refractivity contribution in [1.82, 2.24) is 0 Å². The fourth-order valence-electron chi connectivity index (χ4n) is 6.60. The molecule has 0 saturated carbocycles. The SMILES string of the molecule is CCCCC(CC)COc1ccc(C2(c3ccc(OCC(CC)CCCC)cc3)c3cc(Br)ccc3-c3sccc32)cc1. The maximum Gasteiger partial charge on any atom is 0.119 e. The fraction of sp³-hybridized carbons (Fsp3) is 0.436. The molecule has 0 N–H and O–H groups in total. The average molecular weight is 660 g/mol. The van der Waals surface area contributed by atoms with Crippen molar-refractivity contribution in [1.29, 1.82) is 0 Å². The van der Waals surface area contributed by atoms with Crippen molar-refractivity contribution in [2.75, 3.05) is 13.2 Å². The van der Waals surface area contributed by atoms with Gasteiger partial charge in [-0.05, 0) is 100 Å². The molecule has 3 aromatic carbocycles. The molecule has 0 aliphatic heterocycles. The van der Waals surface area contributed by atoms with E-state index in [0.717, 1.165) is 42.0 Å². The van der Waals surface area contributed by atoms with Crippen molar-refractivity contribution in [3.63, 3.8) is 0 Å². The zero-order chi connectivity index (χ0) is 30.2. The number of fused-ring (bicyclic) bond motifs is 3. The largest absolute Gasteiger partial charge is 0.493 e. The van der Waals surface area contributed by atoms with Crippen LogP contribution < -0.4 is 9.47 Å². The summed E-state index contributed by atoms with van der Waals surface area (Å²) in [6, 6.07) is 26.9. The number of thiophene rings is 1. The topological polar surface area (TPSA) is 18.5 Å². The Morgan fingerprint density at radius 3 is 1.70 bits per heavy atom. The predicted molar refractivity (Wildman–Crippen MR) is 187 cm³/mol. The molecular weight excluding hydrogens is 612 g/mol. The Labute approximate surface area is 272 Å². The molecule has 1 heterocycles. The minimum atomic E-state index is -0.411. The first-order valence-corrected chi connectivity index (χ1v) is 18.1. The molecule has 0 spiro atoms. The number of halogens is 1. The van der Waals surface area contributed by atoms with Crippen LogP contribution in [0.5, 0.6) is 11.5 Å². The van der Waals surface area contributed by atoms with Crippen LogP contribution in [0, 0.1) is 11.8 Å². The van der Waals surface area contributed by atoms with Crippen LogP contribution in [-0.4, -0.2) is 13.2 Å². The molecule has 0 fully saturated rings. The van der Waals surface area contributed by atoms with Crippen molar-refractivity contribution in [2.45, 2.75) is 84.5 Å². The minimum absolute atomic E-state index is 0.411. The van der Waals surface area contributed by atoms with E-state index in [2.05, 4.69) is 122 Å². The van der Waals surface area contributed by atoms with Crippen molar-refractivity contribution in [2.24, 2.45) is 11.8 Å². The smallest absolute Gasteiger partial charge is 0.119 e. The van der Waals surface area contributed by atoms with E-state index in [1.54, 1.807) is 0 Å². The highest BCUT2D eigenvalue weighted by Gasteiger charge is 2.47. The Bertz CT molecular complexity index is 1380. The Morgan fingerprint density at radius 2 is 1.21 bits per heavy atom. The summed E-state index contributed by atoms with van der Waals surface area (Å²) in [4.78, 5) is 1.35. The molecular formula is C39H47BrO2S. The summed E-state index contributed by atoms with van der Waals surface area (Å²) in [5.41, 5.74) is 6.09. The summed E-state index contributed by atoms with van der Waals surface area (Å²) >= 11 is 5.63. The monoisotopic (exact) mass is 658 g/mol. The van der Waals surface area contributed by atoms with Crippen molar-refractivity contribution in [3.8, 4) is 21.9 Å². The fourth-order valence-corrected chi connectivity index (χ4v) is 7.95. The van der Waals surface area contributed by atoms with E-state index < -0.39 is 5.41 Å². The molecule has 2 nitrogen and oxygen atoms in total. The van der Waals surface area contributed by atoms with Gasteiger partial charge in [-0.2, -0.15) is 0 Å². The molecule has 228 valence electrons. The van der Waals surface area contributed by atoms with E-state index >= 15 is 0 Å². The molecule has 43 heavy (non-hydrogen) atoms. The van der Waals surface area contributed by atoms with E-state index in [9.17, 15) is 0 Å². The maximum absolute atomic E-state index is 6.33. The predicted octanol–water partition coefficient (Wildman–Crippen LogP) is 12.1. The van der Waals surface area contributed by atoms with E-state index in [-0.39, 0.29) is 0 Å². The molecule has 0 amide bonds. The van der Waals surface area contributed by atoms with Gasteiger partial charge in [-0.3, -0.25) is 0 Å². The van der Waals surface area contributed by atoms with Crippen LogP contribution in [0.3, 0.4) is 0 Å². The van der Waals surface area contributed by atoms with Gasteiger partial charge in [-0.15, -0.1) is 11.3 Å². The third-order valence-electron chi connectivity index (χ3n) is 9.33. The molecule has 4 heteroatoms. The van der Waals surface area contributed by atoms with E-state index in [4.69, 9.17) is 9.47 Å². The van der Waals surface area contributed by atoms with Gasteiger partial charge in [-0.1, -0.05) is 112 Å². The van der Waals surface area contributed by atoms with Gasteiger partial charge in [-0.25, -0.2) is 0 Å². The van der Waals surface area contributed by atoms with Crippen LogP contribution in [0.1, 0.15) is 101 Å². The Kier molecular flexibility index (Phi) is 11.1. The van der Waals surface area contributed by atoms with Crippen molar-refractivity contribution in [3.05, 3.63) is 105 Å². The molecule has 4 aromatic rings. The standard InChI is InChI=1S/C39H47BrO2S/c1-5-9-11-28(7-3)26-41-33-18-13-30(14-19-33)39(36-23-24-43-38(36)35-22-17-32(40)25-37(35)39)31-15-20-34(21-16-31)42-27-29(8-4)12-10-6-2/h13-25,28-29H,5-12,26-27H2,1-4H3. The van der Waals surface area contributed by atoms with Crippen molar-refractivity contribution < 1.29 is 9.47 Å². The Hall–Kier alpha value is -2.56. The first kappa shape index (κ1) is 31.9. The van der Waals surface area contributed by atoms with Gasteiger partial charge in [0.15, 0.2) is 0 Å². The van der Waals surface area contributed by atoms with Crippen molar-refractivity contribution >= 4 is 27.3 Å². The van der Waals surface area contributed by atoms with Gasteiger partial charge in [0.2, 0.25) is 0 Å². The van der Waals surface area contributed by atoms with Crippen LogP contribution in [0.4, 0.5) is 0 Å².